The van der Waals surface area contributed by atoms with Gasteiger partial charge in [0.2, 0.25) is 5.91 Å². The number of aliphatic imine (C=N–C) groups is 1. The standard InChI is InChI=1S/C19H36N4O.HI/c1-2-20-19(21-13-6-11-17-9-4-3-5-10-17)22-14-8-16-23-15-7-12-18(23)24;/h17H,2-16H2,1H3,(H2,20,21,22);1H. The molecule has 2 aliphatic rings. The van der Waals surface area contributed by atoms with Crippen LogP contribution >= 0.6 is 24.0 Å². The summed E-state index contributed by atoms with van der Waals surface area (Å²) in [5, 5.41) is 6.77. The normalized spacial score (nSPS) is 19.0. The summed E-state index contributed by atoms with van der Waals surface area (Å²) in [6, 6.07) is 0. The highest BCUT2D eigenvalue weighted by molar-refractivity contribution is 14.0. The van der Waals surface area contributed by atoms with Crippen LogP contribution in [0.4, 0.5) is 0 Å². The van der Waals surface area contributed by atoms with Gasteiger partial charge in [-0.25, -0.2) is 0 Å². The van der Waals surface area contributed by atoms with Crippen molar-refractivity contribution in [3.05, 3.63) is 0 Å². The summed E-state index contributed by atoms with van der Waals surface area (Å²) in [6.45, 7) is 6.56. The van der Waals surface area contributed by atoms with Gasteiger partial charge in [-0.3, -0.25) is 9.79 Å². The Balaban J connectivity index is 0.00000312. The predicted octanol–water partition coefficient (Wildman–Crippen LogP) is 3.53. The Bertz CT molecular complexity index is 397. The van der Waals surface area contributed by atoms with Crippen LogP contribution in [0.3, 0.4) is 0 Å². The molecular formula is C19H37IN4O. The van der Waals surface area contributed by atoms with E-state index in [-0.39, 0.29) is 24.0 Å². The Kier molecular flexibility index (Phi) is 12.3. The molecule has 6 heteroatoms. The molecule has 0 bridgehead atoms. The average Bonchev–Trinajstić information content (AvgIpc) is 3.01. The molecule has 1 saturated heterocycles. The third-order valence-corrected chi connectivity index (χ3v) is 5.18. The van der Waals surface area contributed by atoms with Crippen molar-refractivity contribution in [1.82, 2.24) is 15.5 Å². The number of rotatable bonds is 9. The lowest BCUT2D eigenvalue weighted by Crippen LogP contribution is -2.38. The number of halogens is 1. The third kappa shape index (κ3) is 9.11. The first-order valence-electron chi connectivity index (χ1n) is 10.1. The highest BCUT2D eigenvalue weighted by Gasteiger charge is 2.18. The van der Waals surface area contributed by atoms with E-state index in [4.69, 9.17) is 0 Å². The second-order valence-corrected chi connectivity index (χ2v) is 7.17. The summed E-state index contributed by atoms with van der Waals surface area (Å²) in [6.07, 6.45) is 12.5. The second kappa shape index (κ2) is 13.6. The quantitative estimate of drug-likeness (QED) is 0.238. The van der Waals surface area contributed by atoms with Crippen LogP contribution < -0.4 is 10.6 Å². The molecule has 25 heavy (non-hydrogen) atoms. The first-order chi connectivity index (χ1) is 11.8. The number of guanidine groups is 1. The van der Waals surface area contributed by atoms with Gasteiger partial charge in [0.05, 0.1) is 0 Å². The number of hydrogen-bond donors (Lipinski definition) is 2. The fourth-order valence-corrected chi connectivity index (χ4v) is 3.81. The van der Waals surface area contributed by atoms with Gasteiger partial charge in [0.1, 0.15) is 0 Å². The van der Waals surface area contributed by atoms with E-state index in [0.29, 0.717) is 5.91 Å². The fourth-order valence-electron chi connectivity index (χ4n) is 3.81. The van der Waals surface area contributed by atoms with Gasteiger partial charge in [0.25, 0.3) is 0 Å². The van der Waals surface area contributed by atoms with Crippen molar-refractivity contribution in [1.29, 1.82) is 0 Å². The smallest absolute Gasteiger partial charge is 0.222 e. The lowest BCUT2D eigenvalue weighted by atomic mass is 9.86. The topological polar surface area (TPSA) is 56.7 Å². The first-order valence-corrected chi connectivity index (χ1v) is 10.1. The number of nitrogens with one attached hydrogen (secondary N) is 2. The number of hydrogen-bond acceptors (Lipinski definition) is 2. The van der Waals surface area contributed by atoms with E-state index >= 15 is 0 Å². The Labute approximate surface area is 170 Å². The summed E-state index contributed by atoms with van der Waals surface area (Å²) in [5.74, 6) is 2.19. The molecule has 1 heterocycles. The van der Waals surface area contributed by atoms with Crippen molar-refractivity contribution < 1.29 is 4.79 Å². The van der Waals surface area contributed by atoms with Crippen LogP contribution in [-0.4, -0.2) is 49.5 Å². The van der Waals surface area contributed by atoms with Crippen molar-refractivity contribution in [2.75, 3.05) is 32.7 Å². The van der Waals surface area contributed by atoms with E-state index < -0.39 is 0 Å². The molecule has 0 aromatic carbocycles. The summed E-state index contributed by atoms with van der Waals surface area (Å²) in [7, 11) is 0. The van der Waals surface area contributed by atoms with Crippen LogP contribution in [0.5, 0.6) is 0 Å². The second-order valence-electron chi connectivity index (χ2n) is 7.17. The van der Waals surface area contributed by atoms with Crippen LogP contribution in [0, 0.1) is 5.92 Å². The molecule has 0 unspecified atom stereocenters. The van der Waals surface area contributed by atoms with E-state index in [2.05, 4.69) is 22.5 Å². The molecule has 2 fully saturated rings. The van der Waals surface area contributed by atoms with Crippen LogP contribution in [0.2, 0.25) is 0 Å². The van der Waals surface area contributed by atoms with Crippen molar-refractivity contribution in [3.8, 4) is 0 Å². The molecule has 0 aromatic rings. The van der Waals surface area contributed by atoms with Crippen LogP contribution in [0.1, 0.15) is 71.1 Å². The minimum absolute atomic E-state index is 0. The summed E-state index contributed by atoms with van der Waals surface area (Å²) < 4.78 is 0. The molecule has 0 atom stereocenters. The largest absolute Gasteiger partial charge is 0.357 e. The molecule has 0 spiro atoms. The fraction of sp³-hybridized carbons (Fsp3) is 0.895. The number of carbonyl (C=O) groups excluding carboxylic acids is 1. The number of carbonyl (C=O) groups is 1. The van der Waals surface area contributed by atoms with Crippen molar-refractivity contribution in [3.63, 3.8) is 0 Å². The van der Waals surface area contributed by atoms with Gasteiger partial charge in [0, 0.05) is 39.1 Å². The van der Waals surface area contributed by atoms with Crippen molar-refractivity contribution >= 4 is 35.8 Å². The SMILES string of the molecule is CCNC(=NCCCN1CCCC1=O)NCCCC1CCCCC1.I. The first kappa shape index (κ1) is 22.5. The molecule has 5 nitrogen and oxygen atoms in total. The molecule has 2 rings (SSSR count). The van der Waals surface area contributed by atoms with Gasteiger partial charge in [-0.1, -0.05) is 32.1 Å². The molecule has 1 saturated carbocycles. The van der Waals surface area contributed by atoms with Gasteiger partial charge < -0.3 is 15.5 Å². The lowest BCUT2D eigenvalue weighted by molar-refractivity contribution is -0.127. The van der Waals surface area contributed by atoms with Crippen LogP contribution in [-0.2, 0) is 4.79 Å². The maximum atomic E-state index is 11.6. The van der Waals surface area contributed by atoms with E-state index in [1.165, 1.54) is 44.9 Å². The molecule has 1 aliphatic heterocycles. The maximum absolute atomic E-state index is 11.6. The van der Waals surface area contributed by atoms with E-state index in [9.17, 15) is 4.79 Å². The van der Waals surface area contributed by atoms with Crippen LogP contribution in [0.25, 0.3) is 0 Å². The number of nitrogens with zero attached hydrogens (tertiary/aromatic N) is 2. The molecule has 146 valence electrons. The Morgan fingerprint density at radius 3 is 2.64 bits per heavy atom. The predicted molar refractivity (Wildman–Crippen MR) is 116 cm³/mol. The zero-order valence-corrected chi connectivity index (χ0v) is 18.2. The van der Waals surface area contributed by atoms with Gasteiger partial charge in [0.15, 0.2) is 5.96 Å². The maximum Gasteiger partial charge on any atom is 0.222 e. The molecule has 1 aliphatic carbocycles. The molecule has 2 N–H and O–H groups in total. The zero-order chi connectivity index (χ0) is 17.0. The van der Waals surface area contributed by atoms with Gasteiger partial charge in [-0.2, -0.15) is 0 Å². The molecule has 0 radical (unpaired) electrons. The van der Waals surface area contributed by atoms with E-state index in [0.717, 1.165) is 63.9 Å². The lowest BCUT2D eigenvalue weighted by Gasteiger charge is -2.21. The monoisotopic (exact) mass is 464 g/mol. The molecular weight excluding hydrogens is 427 g/mol. The van der Waals surface area contributed by atoms with Gasteiger partial charge in [-0.15, -0.1) is 24.0 Å². The number of amides is 1. The van der Waals surface area contributed by atoms with E-state index in [1.54, 1.807) is 0 Å². The Morgan fingerprint density at radius 2 is 1.96 bits per heavy atom. The average molecular weight is 464 g/mol. The highest BCUT2D eigenvalue weighted by atomic mass is 127. The van der Waals surface area contributed by atoms with Crippen LogP contribution in [0.15, 0.2) is 4.99 Å². The summed E-state index contributed by atoms with van der Waals surface area (Å²) >= 11 is 0. The zero-order valence-electron chi connectivity index (χ0n) is 15.9. The van der Waals surface area contributed by atoms with Crippen molar-refractivity contribution in [2.24, 2.45) is 10.9 Å². The minimum atomic E-state index is 0. The highest BCUT2D eigenvalue weighted by Crippen LogP contribution is 2.26. The number of likely N-dealkylation sites (tertiary alicyclic amines) is 1. The third-order valence-electron chi connectivity index (χ3n) is 5.18. The molecule has 1 amide bonds. The molecule has 0 aromatic heterocycles. The Morgan fingerprint density at radius 1 is 1.16 bits per heavy atom. The van der Waals surface area contributed by atoms with E-state index in [1.807, 2.05) is 4.90 Å². The minimum Gasteiger partial charge on any atom is -0.357 e. The summed E-state index contributed by atoms with van der Waals surface area (Å²) in [4.78, 5) is 18.2. The van der Waals surface area contributed by atoms with Crippen molar-refractivity contribution in [2.45, 2.75) is 71.1 Å². The Hall–Kier alpha value is -0.530. The summed E-state index contributed by atoms with van der Waals surface area (Å²) in [5.41, 5.74) is 0. The van der Waals surface area contributed by atoms with Gasteiger partial charge >= 0.3 is 0 Å². The van der Waals surface area contributed by atoms with Gasteiger partial charge in [-0.05, 0) is 38.5 Å².